The molecule has 6 nitrogen and oxygen atoms in total. The Hall–Kier alpha value is -2.93. The summed E-state index contributed by atoms with van der Waals surface area (Å²) in [6, 6.07) is 7.85. The molecule has 0 fully saturated rings. The highest BCUT2D eigenvalue weighted by molar-refractivity contribution is 7.20. The second-order valence-corrected chi connectivity index (χ2v) is 8.65. The van der Waals surface area contributed by atoms with Crippen molar-refractivity contribution >= 4 is 44.1 Å². The summed E-state index contributed by atoms with van der Waals surface area (Å²) in [6.45, 7) is 2.56. The van der Waals surface area contributed by atoms with Gasteiger partial charge < -0.3 is 9.88 Å². The van der Waals surface area contributed by atoms with Crippen molar-refractivity contribution in [3.8, 4) is 0 Å². The molecule has 148 valence electrons. The highest BCUT2D eigenvalue weighted by Crippen LogP contribution is 2.30. The van der Waals surface area contributed by atoms with E-state index in [9.17, 15) is 9.59 Å². The minimum absolute atomic E-state index is 0.00939. The Balaban J connectivity index is 1.58. The van der Waals surface area contributed by atoms with E-state index in [-0.39, 0.29) is 11.5 Å². The van der Waals surface area contributed by atoms with Crippen LogP contribution in [0.25, 0.3) is 21.1 Å². The van der Waals surface area contributed by atoms with Crippen molar-refractivity contribution in [1.29, 1.82) is 0 Å². The molecule has 7 heteroatoms. The molecule has 1 aromatic carbocycles. The minimum atomic E-state index is -0.193. The number of fused-ring (bicyclic) bond motifs is 3. The first-order chi connectivity index (χ1) is 14.0. The lowest BCUT2D eigenvalue weighted by Crippen LogP contribution is -2.24. The molecule has 1 amide bonds. The third kappa shape index (κ3) is 2.88. The second kappa shape index (κ2) is 6.84. The van der Waals surface area contributed by atoms with Crippen LogP contribution in [0.2, 0.25) is 0 Å². The van der Waals surface area contributed by atoms with Gasteiger partial charge >= 0.3 is 0 Å². The Morgan fingerprint density at radius 3 is 2.93 bits per heavy atom. The van der Waals surface area contributed by atoms with Gasteiger partial charge in [-0.25, -0.2) is 4.98 Å². The molecule has 0 saturated carbocycles. The molecule has 0 spiro atoms. The molecule has 4 heterocycles. The van der Waals surface area contributed by atoms with E-state index in [4.69, 9.17) is 4.98 Å². The van der Waals surface area contributed by atoms with Crippen LogP contribution in [0.3, 0.4) is 0 Å². The van der Waals surface area contributed by atoms with Crippen molar-refractivity contribution in [2.45, 2.75) is 39.2 Å². The number of thiophene rings is 1. The Kier molecular flexibility index (Phi) is 4.28. The number of carbonyl (C=O) groups is 1. The Morgan fingerprint density at radius 1 is 1.21 bits per heavy atom. The molecule has 0 aliphatic carbocycles. The van der Waals surface area contributed by atoms with Crippen LogP contribution < -0.4 is 10.9 Å². The zero-order valence-corrected chi connectivity index (χ0v) is 17.3. The van der Waals surface area contributed by atoms with Crippen LogP contribution in [0.5, 0.6) is 0 Å². The SMILES string of the molecule is Cc1c(C(=O)Nc2cccc3c2ccn3C)sc2nc3n(c(=O)c12)CCCCC3. The lowest BCUT2D eigenvalue weighted by atomic mass is 10.2. The van der Waals surface area contributed by atoms with Gasteiger partial charge in [-0.2, -0.15) is 0 Å². The number of aromatic nitrogens is 3. The summed E-state index contributed by atoms with van der Waals surface area (Å²) >= 11 is 1.31. The summed E-state index contributed by atoms with van der Waals surface area (Å²) in [5, 5.41) is 4.62. The maximum Gasteiger partial charge on any atom is 0.266 e. The van der Waals surface area contributed by atoms with Gasteiger partial charge in [0.05, 0.1) is 16.0 Å². The predicted octanol–water partition coefficient (Wildman–Crippen LogP) is 4.24. The summed E-state index contributed by atoms with van der Waals surface area (Å²) in [5.74, 6) is 0.656. The van der Waals surface area contributed by atoms with Crippen molar-refractivity contribution in [2.24, 2.45) is 7.05 Å². The first-order valence-electron chi connectivity index (χ1n) is 9.93. The lowest BCUT2D eigenvalue weighted by Gasteiger charge is -2.08. The standard InChI is InChI=1S/C22H22N4O2S/c1-13-18-21(24-17-9-4-3-5-11-26(17)22(18)28)29-19(13)20(27)23-15-7-6-8-16-14(15)10-12-25(16)2/h6-8,10,12H,3-5,9,11H2,1-2H3,(H,23,27). The Morgan fingerprint density at radius 2 is 2.07 bits per heavy atom. The highest BCUT2D eigenvalue weighted by atomic mass is 32.1. The number of rotatable bonds is 2. The van der Waals surface area contributed by atoms with Gasteiger partial charge in [-0.15, -0.1) is 11.3 Å². The summed E-state index contributed by atoms with van der Waals surface area (Å²) in [4.78, 5) is 32.2. The van der Waals surface area contributed by atoms with Crippen LogP contribution in [0.4, 0.5) is 5.69 Å². The number of carbonyl (C=O) groups excluding carboxylic acids is 1. The molecule has 29 heavy (non-hydrogen) atoms. The van der Waals surface area contributed by atoms with Gasteiger partial charge in [-0.05, 0) is 43.5 Å². The normalized spacial score (nSPS) is 14.1. The monoisotopic (exact) mass is 406 g/mol. The Labute approximate surface area is 171 Å². The van der Waals surface area contributed by atoms with Crippen molar-refractivity contribution in [1.82, 2.24) is 14.1 Å². The number of hydrogen-bond acceptors (Lipinski definition) is 4. The molecule has 4 aromatic rings. The molecule has 1 N–H and O–H groups in total. The van der Waals surface area contributed by atoms with Gasteiger partial charge in [-0.1, -0.05) is 12.5 Å². The van der Waals surface area contributed by atoms with E-state index < -0.39 is 0 Å². The number of aryl methyl sites for hydroxylation is 3. The molecule has 0 radical (unpaired) electrons. The number of nitrogens with one attached hydrogen (secondary N) is 1. The van der Waals surface area contributed by atoms with E-state index in [0.717, 1.165) is 53.7 Å². The molecule has 1 aliphatic rings. The zero-order chi connectivity index (χ0) is 20.1. The molecular weight excluding hydrogens is 384 g/mol. The predicted molar refractivity (Wildman–Crippen MR) is 117 cm³/mol. The third-order valence-electron chi connectivity index (χ3n) is 5.79. The second-order valence-electron chi connectivity index (χ2n) is 7.65. The Bertz CT molecular complexity index is 1330. The average Bonchev–Trinajstić information content (AvgIpc) is 3.14. The molecule has 0 atom stereocenters. The average molecular weight is 407 g/mol. The zero-order valence-electron chi connectivity index (χ0n) is 16.5. The fourth-order valence-corrected chi connectivity index (χ4v) is 5.30. The summed E-state index contributed by atoms with van der Waals surface area (Å²) in [5.41, 5.74) is 2.54. The van der Waals surface area contributed by atoms with Gasteiger partial charge in [-0.3, -0.25) is 14.2 Å². The first kappa shape index (κ1) is 18.1. The van der Waals surface area contributed by atoms with Gasteiger partial charge in [0, 0.05) is 37.1 Å². The van der Waals surface area contributed by atoms with Crippen LogP contribution in [0.1, 0.15) is 40.3 Å². The fraction of sp³-hybridized carbons (Fsp3) is 0.318. The molecule has 5 rings (SSSR count). The van der Waals surface area contributed by atoms with Crippen molar-refractivity contribution < 1.29 is 4.79 Å². The van der Waals surface area contributed by atoms with Crippen LogP contribution in [-0.4, -0.2) is 20.0 Å². The maximum absolute atomic E-state index is 13.1. The molecule has 0 bridgehead atoms. The summed E-state index contributed by atoms with van der Waals surface area (Å²) in [7, 11) is 1.98. The van der Waals surface area contributed by atoms with E-state index >= 15 is 0 Å². The van der Waals surface area contributed by atoms with Crippen LogP contribution in [0.15, 0.2) is 35.3 Å². The number of anilines is 1. The summed E-state index contributed by atoms with van der Waals surface area (Å²) < 4.78 is 3.83. The van der Waals surface area contributed by atoms with Crippen LogP contribution >= 0.6 is 11.3 Å². The number of benzene rings is 1. The van der Waals surface area contributed by atoms with Crippen molar-refractivity contribution in [2.75, 3.05) is 5.32 Å². The van der Waals surface area contributed by atoms with E-state index in [0.29, 0.717) is 21.6 Å². The first-order valence-corrected chi connectivity index (χ1v) is 10.7. The smallest absolute Gasteiger partial charge is 0.266 e. The molecule has 3 aromatic heterocycles. The largest absolute Gasteiger partial charge is 0.350 e. The molecule has 0 unspecified atom stereocenters. The van der Waals surface area contributed by atoms with Crippen molar-refractivity contribution in [3.05, 3.63) is 57.1 Å². The van der Waals surface area contributed by atoms with E-state index in [1.54, 1.807) is 4.57 Å². The topological polar surface area (TPSA) is 68.9 Å². The van der Waals surface area contributed by atoms with Gasteiger partial charge in [0.15, 0.2) is 0 Å². The molecule has 1 aliphatic heterocycles. The van der Waals surface area contributed by atoms with Crippen LogP contribution in [0, 0.1) is 6.92 Å². The number of hydrogen-bond donors (Lipinski definition) is 1. The van der Waals surface area contributed by atoms with Crippen molar-refractivity contribution in [3.63, 3.8) is 0 Å². The quantitative estimate of drug-likeness (QED) is 0.541. The maximum atomic E-state index is 13.1. The third-order valence-corrected chi connectivity index (χ3v) is 6.98. The van der Waals surface area contributed by atoms with Gasteiger partial charge in [0.2, 0.25) is 0 Å². The molecular formula is C22H22N4O2S. The fourth-order valence-electron chi connectivity index (χ4n) is 4.22. The molecule has 0 saturated heterocycles. The van der Waals surface area contributed by atoms with Gasteiger partial charge in [0.1, 0.15) is 10.7 Å². The lowest BCUT2D eigenvalue weighted by molar-refractivity contribution is 0.103. The number of nitrogens with zero attached hydrogens (tertiary/aromatic N) is 3. The van der Waals surface area contributed by atoms with E-state index in [1.807, 2.05) is 49.0 Å². The number of amides is 1. The minimum Gasteiger partial charge on any atom is -0.350 e. The van der Waals surface area contributed by atoms with Crippen LogP contribution in [-0.2, 0) is 20.0 Å². The highest BCUT2D eigenvalue weighted by Gasteiger charge is 2.22. The van der Waals surface area contributed by atoms with E-state index in [1.165, 1.54) is 11.3 Å². The summed E-state index contributed by atoms with van der Waals surface area (Å²) in [6.07, 6.45) is 5.96. The van der Waals surface area contributed by atoms with Gasteiger partial charge in [0.25, 0.3) is 11.5 Å². The van der Waals surface area contributed by atoms with E-state index in [2.05, 4.69) is 5.32 Å².